The van der Waals surface area contributed by atoms with E-state index in [1.165, 1.54) is 11.0 Å². The number of ether oxygens (including phenoxy) is 2. The zero-order valence-corrected chi connectivity index (χ0v) is 40.9. The van der Waals surface area contributed by atoms with Crippen LogP contribution in [-0.2, 0) is 41.9 Å². The maximum Gasteiger partial charge on any atom is 0.328 e. The Morgan fingerprint density at radius 1 is 0.419 bits per heavy atom. The van der Waals surface area contributed by atoms with Crippen molar-refractivity contribution in [1.82, 2.24) is 28.9 Å². The van der Waals surface area contributed by atoms with Gasteiger partial charge in [0.1, 0.15) is 24.7 Å². The number of carboxylic acids is 6. The number of carbonyl (C=O) groups is 6. The van der Waals surface area contributed by atoms with E-state index in [1.807, 2.05) is 72.8 Å². The molecule has 0 radical (unpaired) electrons. The Balaban J connectivity index is 0.000000225. The van der Waals surface area contributed by atoms with Gasteiger partial charge in [-0.1, -0.05) is 60.7 Å². The molecular formula is C52H60N8O14. The third-order valence-corrected chi connectivity index (χ3v) is 10.6. The number of nitrogens with zero attached hydrogens (tertiary/aromatic N) is 8. The predicted octanol–water partition coefficient (Wildman–Crippen LogP) is 4.87. The van der Waals surface area contributed by atoms with Crippen molar-refractivity contribution in [3.05, 3.63) is 146 Å². The average Bonchev–Trinajstić information content (AvgIpc) is 3.95. The lowest BCUT2D eigenvalue weighted by molar-refractivity contribution is -0.134. The molecule has 2 aliphatic rings. The van der Waals surface area contributed by atoms with E-state index in [0.29, 0.717) is 49.7 Å². The van der Waals surface area contributed by atoms with Crippen LogP contribution in [-0.4, -0.2) is 175 Å². The summed E-state index contributed by atoms with van der Waals surface area (Å²) in [7, 11) is 4.35. The van der Waals surface area contributed by atoms with Crippen molar-refractivity contribution in [2.45, 2.75) is 13.1 Å². The SMILES string of the molecule is CN1CCN(c2nc3ccccc3n2CCOc2ccccc2)CC1.CN1CCN(c2nc3ccccc3n2CCOc2ccccc2)CC1.O=C(O)/C=C/C(=O)O.O=C(O)/C=C/C(=O)O.O=C(O)/C=C/C(=O)O. The number of fused-ring (bicyclic) bond motifs is 2. The number of aliphatic carboxylic acids is 6. The average molecular weight is 1020 g/mol. The molecule has 2 aliphatic heterocycles. The maximum atomic E-state index is 9.55. The van der Waals surface area contributed by atoms with Crippen molar-refractivity contribution in [2.24, 2.45) is 0 Å². The Morgan fingerprint density at radius 3 is 0.973 bits per heavy atom. The maximum absolute atomic E-state index is 9.55. The van der Waals surface area contributed by atoms with E-state index in [0.717, 1.165) is 99.9 Å². The highest BCUT2D eigenvalue weighted by Gasteiger charge is 2.22. The molecule has 2 fully saturated rings. The van der Waals surface area contributed by atoms with Gasteiger partial charge in [0.05, 0.1) is 35.2 Å². The number of benzene rings is 4. The Bertz CT molecular complexity index is 2560. The number of hydrogen-bond donors (Lipinski definition) is 6. The van der Waals surface area contributed by atoms with Gasteiger partial charge in [0.2, 0.25) is 11.9 Å². The Labute approximate surface area is 426 Å². The molecule has 6 N–H and O–H groups in total. The smallest absolute Gasteiger partial charge is 0.328 e. The van der Waals surface area contributed by atoms with Crippen LogP contribution in [0.2, 0.25) is 0 Å². The minimum atomic E-state index is -1.26. The number of carboxylic acid groups (broad SMARTS) is 6. The molecule has 0 unspecified atom stereocenters. The Hall–Kier alpha value is -9.02. The van der Waals surface area contributed by atoms with Crippen molar-refractivity contribution >= 4 is 69.8 Å². The summed E-state index contributed by atoms with van der Waals surface area (Å²) in [6.07, 6.45) is 3.35. The van der Waals surface area contributed by atoms with Gasteiger partial charge in [0.15, 0.2) is 0 Å². The summed E-state index contributed by atoms with van der Waals surface area (Å²) < 4.78 is 16.4. The van der Waals surface area contributed by atoms with Crippen LogP contribution in [0.15, 0.2) is 146 Å². The first-order chi connectivity index (χ1) is 35.5. The molecule has 22 nitrogen and oxygen atoms in total. The molecule has 0 spiro atoms. The number of imidazole rings is 2. The van der Waals surface area contributed by atoms with E-state index in [4.69, 9.17) is 50.1 Å². The monoisotopic (exact) mass is 1020 g/mol. The molecule has 22 heteroatoms. The fraction of sp³-hybridized carbons (Fsp3) is 0.269. The van der Waals surface area contributed by atoms with E-state index in [2.05, 4.69) is 79.2 Å². The van der Waals surface area contributed by atoms with Gasteiger partial charge in [-0.3, -0.25) is 0 Å². The number of para-hydroxylation sites is 6. The Kier molecular flexibility index (Phi) is 23.8. The third kappa shape index (κ3) is 20.8. The van der Waals surface area contributed by atoms with Gasteiger partial charge in [0.25, 0.3) is 0 Å². The summed E-state index contributed by atoms with van der Waals surface area (Å²) in [6, 6.07) is 36.7. The van der Waals surface area contributed by atoms with Crippen molar-refractivity contribution in [2.75, 3.05) is 89.5 Å². The standard InChI is InChI=1S/2C20H24N4O.3C4H4O4/c2*1-22-11-13-23(14-12-22)20-21-18-9-5-6-10-19(18)24(20)15-16-25-17-7-3-2-4-8-17;3*5-3(6)1-2-4(7)8/h2*2-10H,11-16H2,1H3;3*1-2H,(H,5,6)(H,7,8)/b;;3*2-1+. The molecule has 2 aromatic heterocycles. The quantitative estimate of drug-likeness (QED) is 0.0705. The lowest BCUT2D eigenvalue weighted by atomic mass is 10.3. The fourth-order valence-corrected chi connectivity index (χ4v) is 7.03. The molecule has 0 atom stereocenters. The molecule has 6 aromatic rings. The van der Waals surface area contributed by atoms with E-state index in [9.17, 15) is 28.8 Å². The molecule has 0 aliphatic carbocycles. The molecule has 74 heavy (non-hydrogen) atoms. The zero-order valence-electron chi connectivity index (χ0n) is 40.9. The molecule has 4 heterocycles. The topological polar surface area (TPSA) is 291 Å². The lowest BCUT2D eigenvalue weighted by Gasteiger charge is -2.33. The van der Waals surface area contributed by atoms with E-state index in [-0.39, 0.29) is 0 Å². The van der Waals surface area contributed by atoms with E-state index < -0.39 is 35.8 Å². The van der Waals surface area contributed by atoms with Crippen LogP contribution in [0.1, 0.15) is 0 Å². The van der Waals surface area contributed by atoms with Crippen molar-refractivity contribution in [1.29, 1.82) is 0 Å². The van der Waals surface area contributed by atoms with E-state index in [1.54, 1.807) is 0 Å². The molecule has 4 aromatic carbocycles. The summed E-state index contributed by atoms with van der Waals surface area (Å²) >= 11 is 0. The highest BCUT2D eigenvalue weighted by molar-refractivity contribution is 5.90. The van der Waals surface area contributed by atoms with Gasteiger partial charge < -0.3 is 68.8 Å². The van der Waals surface area contributed by atoms with Gasteiger partial charge >= 0.3 is 35.8 Å². The summed E-state index contributed by atoms with van der Waals surface area (Å²) in [5.41, 5.74) is 4.45. The first kappa shape index (κ1) is 57.6. The van der Waals surface area contributed by atoms with Crippen molar-refractivity contribution < 1.29 is 68.9 Å². The first-order valence-corrected chi connectivity index (χ1v) is 23.1. The van der Waals surface area contributed by atoms with Gasteiger partial charge in [0, 0.05) is 88.8 Å². The second-order valence-electron chi connectivity index (χ2n) is 16.0. The summed E-state index contributed by atoms with van der Waals surface area (Å²) in [5, 5.41) is 46.9. The summed E-state index contributed by atoms with van der Waals surface area (Å²) in [5.74, 6) is -3.60. The second-order valence-corrected chi connectivity index (χ2v) is 16.0. The fourth-order valence-electron chi connectivity index (χ4n) is 7.03. The Morgan fingerprint density at radius 2 is 0.689 bits per heavy atom. The van der Waals surface area contributed by atoms with Crippen LogP contribution in [0, 0.1) is 0 Å². The highest BCUT2D eigenvalue weighted by Crippen LogP contribution is 2.25. The zero-order chi connectivity index (χ0) is 53.8. The van der Waals surface area contributed by atoms with Crippen LogP contribution < -0.4 is 19.3 Å². The highest BCUT2D eigenvalue weighted by atomic mass is 16.5. The van der Waals surface area contributed by atoms with Crippen LogP contribution in [0.3, 0.4) is 0 Å². The molecule has 0 saturated carbocycles. The predicted molar refractivity (Wildman–Crippen MR) is 276 cm³/mol. The van der Waals surface area contributed by atoms with Gasteiger partial charge in [-0.05, 0) is 62.6 Å². The van der Waals surface area contributed by atoms with E-state index >= 15 is 0 Å². The lowest BCUT2D eigenvalue weighted by Crippen LogP contribution is -2.45. The molecule has 0 bridgehead atoms. The number of likely N-dealkylation sites (N-methyl/N-ethyl adjacent to an activating group) is 2. The van der Waals surface area contributed by atoms with Crippen LogP contribution in [0.25, 0.3) is 22.1 Å². The van der Waals surface area contributed by atoms with Gasteiger partial charge in [-0.25, -0.2) is 38.7 Å². The number of anilines is 2. The normalized spacial score (nSPS) is 13.6. The minimum absolute atomic E-state index is 0.558. The molecular weight excluding hydrogens is 961 g/mol. The molecule has 2 saturated heterocycles. The second kappa shape index (κ2) is 30.7. The van der Waals surface area contributed by atoms with Gasteiger partial charge in [-0.15, -0.1) is 0 Å². The molecule has 0 amide bonds. The molecule has 8 rings (SSSR count). The number of piperazine rings is 2. The largest absolute Gasteiger partial charge is 0.492 e. The van der Waals surface area contributed by atoms with Gasteiger partial charge in [-0.2, -0.15) is 0 Å². The van der Waals surface area contributed by atoms with Crippen molar-refractivity contribution in [3.63, 3.8) is 0 Å². The third-order valence-electron chi connectivity index (χ3n) is 10.6. The summed E-state index contributed by atoms with van der Waals surface area (Å²) in [4.78, 5) is 76.6. The number of hydrogen-bond acceptors (Lipinski definition) is 14. The van der Waals surface area contributed by atoms with Crippen LogP contribution >= 0.6 is 0 Å². The van der Waals surface area contributed by atoms with Crippen molar-refractivity contribution in [3.8, 4) is 11.5 Å². The first-order valence-electron chi connectivity index (χ1n) is 23.1. The van der Waals surface area contributed by atoms with Crippen LogP contribution in [0.4, 0.5) is 11.9 Å². The molecule has 392 valence electrons. The number of aromatic nitrogens is 4. The summed E-state index contributed by atoms with van der Waals surface area (Å²) in [6.45, 7) is 11.2. The number of rotatable bonds is 16. The minimum Gasteiger partial charge on any atom is -0.492 e. The van der Waals surface area contributed by atoms with Crippen LogP contribution in [0.5, 0.6) is 11.5 Å².